The summed E-state index contributed by atoms with van der Waals surface area (Å²) in [5.41, 5.74) is 5.59. The highest BCUT2D eigenvalue weighted by Gasteiger charge is 2.31. The molecular formula is C9H19N3. The fraction of sp³-hybridized carbons (Fsp3) is 1.00. The maximum Gasteiger partial charge on any atom is 0.0120 e. The van der Waals surface area contributed by atoms with Crippen LogP contribution in [0.3, 0.4) is 0 Å². The van der Waals surface area contributed by atoms with E-state index in [1.165, 1.54) is 39.0 Å². The van der Waals surface area contributed by atoms with Gasteiger partial charge in [-0.1, -0.05) is 0 Å². The first-order chi connectivity index (χ1) is 5.90. The fourth-order valence-electron chi connectivity index (χ4n) is 2.23. The lowest BCUT2D eigenvalue weighted by Crippen LogP contribution is -2.56. The van der Waals surface area contributed by atoms with Crippen molar-refractivity contribution >= 4 is 0 Å². The van der Waals surface area contributed by atoms with Crippen LogP contribution in [-0.2, 0) is 0 Å². The van der Waals surface area contributed by atoms with E-state index in [-0.39, 0.29) is 0 Å². The van der Waals surface area contributed by atoms with Crippen molar-refractivity contribution < 1.29 is 0 Å². The Morgan fingerprint density at radius 3 is 2.50 bits per heavy atom. The molecule has 2 heterocycles. The number of nitrogens with zero attached hydrogens (tertiary/aromatic N) is 1. The molecule has 70 valence electrons. The minimum Gasteiger partial charge on any atom is -0.330 e. The molecule has 0 atom stereocenters. The monoisotopic (exact) mass is 169 g/mol. The minimum atomic E-state index is 0.792. The Hall–Kier alpha value is -0.120. The Morgan fingerprint density at radius 2 is 1.92 bits per heavy atom. The summed E-state index contributed by atoms with van der Waals surface area (Å²) >= 11 is 0. The van der Waals surface area contributed by atoms with Gasteiger partial charge < -0.3 is 11.1 Å². The van der Waals surface area contributed by atoms with E-state index < -0.39 is 0 Å². The van der Waals surface area contributed by atoms with Gasteiger partial charge in [-0.2, -0.15) is 0 Å². The predicted octanol–water partition coefficient (Wildman–Crippen LogP) is -0.371. The molecule has 3 nitrogen and oxygen atoms in total. The van der Waals surface area contributed by atoms with E-state index in [1.54, 1.807) is 0 Å². The first-order valence-electron chi connectivity index (χ1n) is 5.05. The number of hydrogen-bond acceptors (Lipinski definition) is 3. The number of nitrogens with one attached hydrogen (secondary N) is 1. The molecule has 2 aliphatic heterocycles. The standard InChI is InChI=1S/C9H19N3/c10-5-8-6-12(7-8)9-1-3-11-4-2-9/h8-9,11H,1-7,10H2. The summed E-state index contributed by atoms with van der Waals surface area (Å²) in [6.07, 6.45) is 2.66. The van der Waals surface area contributed by atoms with Crippen molar-refractivity contribution in [2.24, 2.45) is 11.7 Å². The Kier molecular flexibility index (Phi) is 2.63. The molecule has 2 fully saturated rings. The summed E-state index contributed by atoms with van der Waals surface area (Å²) in [7, 11) is 0. The van der Waals surface area contributed by atoms with E-state index in [0.29, 0.717) is 0 Å². The molecule has 0 saturated carbocycles. The van der Waals surface area contributed by atoms with Crippen LogP contribution in [0.25, 0.3) is 0 Å². The molecule has 2 saturated heterocycles. The summed E-state index contributed by atoms with van der Waals surface area (Å²) in [5.74, 6) is 0.792. The van der Waals surface area contributed by atoms with Crippen LogP contribution >= 0.6 is 0 Å². The van der Waals surface area contributed by atoms with Crippen LogP contribution < -0.4 is 11.1 Å². The molecule has 0 unspecified atom stereocenters. The highest BCUT2D eigenvalue weighted by Crippen LogP contribution is 2.22. The van der Waals surface area contributed by atoms with Gasteiger partial charge in [-0.25, -0.2) is 0 Å². The van der Waals surface area contributed by atoms with Crippen LogP contribution in [0, 0.1) is 5.92 Å². The normalized spacial score (nSPS) is 28.8. The summed E-state index contributed by atoms with van der Waals surface area (Å²) in [6.45, 7) is 5.78. The molecular weight excluding hydrogens is 150 g/mol. The molecule has 3 heteroatoms. The molecule has 12 heavy (non-hydrogen) atoms. The fourth-order valence-corrected chi connectivity index (χ4v) is 2.23. The number of nitrogens with two attached hydrogens (primary N) is 1. The Morgan fingerprint density at radius 1 is 1.25 bits per heavy atom. The van der Waals surface area contributed by atoms with Crippen molar-refractivity contribution in [2.75, 3.05) is 32.7 Å². The van der Waals surface area contributed by atoms with E-state index in [0.717, 1.165) is 18.5 Å². The van der Waals surface area contributed by atoms with Crippen LogP contribution in [-0.4, -0.2) is 43.7 Å². The maximum atomic E-state index is 5.59. The SMILES string of the molecule is NCC1CN(C2CCNCC2)C1. The summed E-state index contributed by atoms with van der Waals surface area (Å²) in [5, 5.41) is 3.39. The molecule has 0 radical (unpaired) electrons. The average Bonchev–Trinajstić information content (AvgIpc) is 2.04. The van der Waals surface area contributed by atoms with Gasteiger partial charge in [-0.15, -0.1) is 0 Å². The van der Waals surface area contributed by atoms with Crippen molar-refractivity contribution in [3.05, 3.63) is 0 Å². The topological polar surface area (TPSA) is 41.3 Å². The molecule has 2 rings (SSSR count). The van der Waals surface area contributed by atoms with Gasteiger partial charge >= 0.3 is 0 Å². The predicted molar refractivity (Wildman–Crippen MR) is 50.0 cm³/mol. The van der Waals surface area contributed by atoms with Gasteiger partial charge in [0.2, 0.25) is 0 Å². The second kappa shape index (κ2) is 3.73. The Labute approximate surface area is 74.3 Å². The molecule has 3 N–H and O–H groups in total. The molecule has 0 aliphatic carbocycles. The number of likely N-dealkylation sites (tertiary alicyclic amines) is 1. The van der Waals surface area contributed by atoms with E-state index in [9.17, 15) is 0 Å². The van der Waals surface area contributed by atoms with E-state index in [4.69, 9.17) is 5.73 Å². The van der Waals surface area contributed by atoms with Gasteiger partial charge in [-0.05, 0) is 38.4 Å². The summed E-state index contributed by atoms with van der Waals surface area (Å²) in [4.78, 5) is 2.60. The van der Waals surface area contributed by atoms with Gasteiger partial charge in [0.25, 0.3) is 0 Å². The number of piperidine rings is 1. The van der Waals surface area contributed by atoms with Crippen LogP contribution in [0.1, 0.15) is 12.8 Å². The van der Waals surface area contributed by atoms with Gasteiger partial charge in [0.1, 0.15) is 0 Å². The highest BCUT2D eigenvalue weighted by atomic mass is 15.2. The molecule has 0 spiro atoms. The van der Waals surface area contributed by atoms with Crippen LogP contribution in [0.5, 0.6) is 0 Å². The lowest BCUT2D eigenvalue weighted by Gasteiger charge is -2.45. The molecule has 0 aromatic heterocycles. The smallest absolute Gasteiger partial charge is 0.0120 e. The van der Waals surface area contributed by atoms with Crippen molar-refractivity contribution in [3.8, 4) is 0 Å². The molecule has 0 aromatic rings. The first kappa shape index (κ1) is 8.48. The van der Waals surface area contributed by atoms with Crippen LogP contribution in [0.2, 0.25) is 0 Å². The van der Waals surface area contributed by atoms with Gasteiger partial charge in [0.05, 0.1) is 0 Å². The average molecular weight is 169 g/mol. The van der Waals surface area contributed by atoms with Gasteiger partial charge in [-0.3, -0.25) is 4.90 Å². The lowest BCUT2D eigenvalue weighted by molar-refractivity contribution is 0.0426. The van der Waals surface area contributed by atoms with Crippen LogP contribution in [0.15, 0.2) is 0 Å². The third kappa shape index (κ3) is 1.63. The minimum absolute atomic E-state index is 0.792. The van der Waals surface area contributed by atoms with Crippen molar-refractivity contribution in [2.45, 2.75) is 18.9 Å². The Balaban J connectivity index is 1.72. The summed E-state index contributed by atoms with van der Waals surface area (Å²) < 4.78 is 0. The van der Waals surface area contributed by atoms with Crippen molar-refractivity contribution in [1.29, 1.82) is 0 Å². The summed E-state index contributed by atoms with van der Waals surface area (Å²) in [6, 6.07) is 0.856. The third-order valence-electron chi connectivity index (χ3n) is 3.14. The van der Waals surface area contributed by atoms with Gasteiger partial charge in [0, 0.05) is 19.1 Å². The maximum absolute atomic E-state index is 5.59. The third-order valence-corrected chi connectivity index (χ3v) is 3.14. The lowest BCUT2D eigenvalue weighted by atomic mass is 9.94. The van der Waals surface area contributed by atoms with Crippen LogP contribution in [0.4, 0.5) is 0 Å². The van der Waals surface area contributed by atoms with E-state index in [2.05, 4.69) is 10.2 Å². The molecule has 0 bridgehead atoms. The Bertz CT molecular complexity index is 137. The van der Waals surface area contributed by atoms with E-state index >= 15 is 0 Å². The van der Waals surface area contributed by atoms with Crippen molar-refractivity contribution in [1.82, 2.24) is 10.2 Å². The zero-order chi connectivity index (χ0) is 8.39. The second-order valence-corrected chi connectivity index (χ2v) is 4.04. The number of rotatable bonds is 2. The zero-order valence-corrected chi connectivity index (χ0v) is 7.63. The van der Waals surface area contributed by atoms with Crippen molar-refractivity contribution in [3.63, 3.8) is 0 Å². The molecule has 0 aromatic carbocycles. The molecule has 0 amide bonds. The quantitative estimate of drug-likeness (QED) is 0.592. The first-order valence-corrected chi connectivity index (χ1v) is 5.05. The zero-order valence-electron chi connectivity index (χ0n) is 7.63. The highest BCUT2D eigenvalue weighted by molar-refractivity contribution is 4.87. The number of hydrogen-bond donors (Lipinski definition) is 2. The molecule has 2 aliphatic rings. The second-order valence-electron chi connectivity index (χ2n) is 4.04. The van der Waals surface area contributed by atoms with Gasteiger partial charge in [0.15, 0.2) is 0 Å². The largest absolute Gasteiger partial charge is 0.330 e. The van der Waals surface area contributed by atoms with E-state index in [1.807, 2.05) is 0 Å².